The number of aryl methyl sites for hydroxylation is 1. The van der Waals surface area contributed by atoms with E-state index in [2.05, 4.69) is 46.0 Å². The van der Waals surface area contributed by atoms with Crippen LogP contribution in [-0.4, -0.2) is 57.0 Å². The third kappa shape index (κ3) is 3.80. The molecule has 2 saturated heterocycles. The first-order valence-electron chi connectivity index (χ1n) is 9.57. The molecule has 0 N–H and O–H groups in total. The summed E-state index contributed by atoms with van der Waals surface area (Å²) < 4.78 is 26.8. The van der Waals surface area contributed by atoms with Crippen molar-refractivity contribution >= 4 is 21.5 Å². The fourth-order valence-electron chi connectivity index (χ4n) is 3.81. The molecule has 2 aliphatic rings. The Kier molecular flexibility index (Phi) is 5.06. The molecule has 0 aliphatic carbocycles. The molecule has 0 atom stereocenters. The number of pyridine rings is 1. The Labute approximate surface area is 161 Å². The van der Waals surface area contributed by atoms with Crippen LogP contribution in [0.1, 0.15) is 18.4 Å². The molecule has 1 aromatic carbocycles. The van der Waals surface area contributed by atoms with Crippen LogP contribution >= 0.6 is 0 Å². The van der Waals surface area contributed by atoms with Crippen molar-refractivity contribution in [3.8, 4) is 0 Å². The molecular formula is C20H26N4O2S. The van der Waals surface area contributed by atoms with Gasteiger partial charge in [-0.2, -0.15) is 4.31 Å². The second-order valence-electron chi connectivity index (χ2n) is 7.28. The minimum Gasteiger partial charge on any atom is -0.368 e. The maximum absolute atomic E-state index is 12.6. The number of piperazine rings is 1. The number of hydrogen-bond donors (Lipinski definition) is 0. The zero-order valence-corrected chi connectivity index (χ0v) is 16.5. The normalized spacial score (nSPS) is 18.9. The van der Waals surface area contributed by atoms with Crippen molar-refractivity contribution in [2.75, 3.05) is 49.1 Å². The van der Waals surface area contributed by atoms with E-state index in [1.165, 1.54) is 17.4 Å². The van der Waals surface area contributed by atoms with Crippen LogP contribution in [0.4, 0.5) is 11.5 Å². The first-order chi connectivity index (χ1) is 13.0. The van der Waals surface area contributed by atoms with E-state index >= 15 is 0 Å². The van der Waals surface area contributed by atoms with Crippen LogP contribution < -0.4 is 9.80 Å². The van der Waals surface area contributed by atoms with E-state index in [0.717, 1.165) is 44.8 Å². The highest BCUT2D eigenvalue weighted by Gasteiger charge is 2.27. The van der Waals surface area contributed by atoms with Gasteiger partial charge in [0.2, 0.25) is 10.0 Å². The van der Waals surface area contributed by atoms with Crippen LogP contribution in [0, 0.1) is 6.92 Å². The molecular weight excluding hydrogens is 360 g/mol. The van der Waals surface area contributed by atoms with Gasteiger partial charge in [0.05, 0.1) is 0 Å². The molecule has 0 spiro atoms. The highest BCUT2D eigenvalue weighted by molar-refractivity contribution is 7.89. The van der Waals surface area contributed by atoms with E-state index in [-0.39, 0.29) is 0 Å². The Morgan fingerprint density at radius 3 is 2.22 bits per heavy atom. The van der Waals surface area contributed by atoms with Crippen LogP contribution in [0.5, 0.6) is 0 Å². The second kappa shape index (κ2) is 7.48. The molecule has 0 bridgehead atoms. The first kappa shape index (κ1) is 18.3. The maximum atomic E-state index is 12.6. The quantitative estimate of drug-likeness (QED) is 0.808. The third-order valence-corrected chi connectivity index (χ3v) is 7.28. The third-order valence-electron chi connectivity index (χ3n) is 5.39. The number of aromatic nitrogens is 1. The van der Waals surface area contributed by atoms with Crippen LogP contribution in [-0.2, 0) is 10.0 Å². The number of nitrogens with zero attached hydrogens (tertiary/aromatic N) is 4. The largest absolute Gasteiger partial charge is 0.368 e. The summed E-state index contributed by atoms with van der Waals surface area (Å²) in [5.74, 6) is 0.847. The van der Waals surface area contributed by atoms with Gasteiger partial charge in [0, 0.05) is 51.2 Å². The number of benzene rings is 1. The Bertz CT molecular complexity index is 884. The van der Waals surface area contributed by atoms with Crippen LogP contribution in [0.2, 0.25) is 0 Å². The molecule has 27 heavy (non-hydrogen) atoms. The Morgan fingerprint density at radius 2 is 1.59 bits per heavy atom. The van der Waals surface area contributed by atoms with Gasteiger partial charge in [0.25, 0.3) is 0 Å². The average Bonchev–Trinajstić information content (AvgIpc) is 3.24. The standard InChI is InChI=1S/C20H26N4O2S/c1-17-5-4-6-18(15-17)22-11-13-23(14-12-22)20-8-7-19(16-21-20)27(25,26)24-9-2-3-10-24/h4-8,15-16H,2-3,9-14H2,1H3. The summed E-state index contributed by atoms with van der Waals surface area (Å²) in [5.41, 5.74) is 2.53. The second-order valence-corrected chi connectivity index (χ2v) is 9.21. The van der Waals surface area contributed by atoms with E-state index in [1.54, 1.807) is 10.4 Å². The Balaban J connectivity index is 1.42. The highest BCUT2D eigenvalue weighted by Crippen LogP contribution is 2.23. The summed E-state index contributed by atoms with van der Waals surface area (Å²) >= 11 is 0. The van der Waals surface area contributed by atoms with Crippen molar-refractivity contribution in [3.63, 3.8) is 0 Å². The molecule has 6 nitrogen and oxygen atoms in total. The minimum atomic E-state index is -3.39. The van der Waals surface area contributed by atoms with Crippen molar-refractivity contribution in [1.29, 1.82) is 0 Å². The van der Waals surface area contributed by atoms with Crippen LogP contribution in [0.15, 0.2) is 47.5 Å². The van der Waals surface area contributed by atoms with Gasteiger partial charge in [0.15, 0.2) is 0 Å². The van der Waals surface area contributed by atoms with E-state index in [0.29, 0.717) is 18.0 Å². The summed E-state index contributed by atoms with van der Waals surface area (Å²) in [6.45, 7) is 6.95. The first-order valence-corrected chi connectivity index (χ1v) is 11.0. The van der Waals surface area contributed by atoms with E-state index in [9.17, 15) is 8.42 Å². The number of sulfonamides is 1. The molecule has 3 heterocycles. The lowest BCUT2D eigenvalue weighted by molar-refractivity contribution is 0.477. The zero-order valence-electron chi connectivity index (χ0n) is 15.7. The van der Waals surface area contributed by atoms with Crippen LogP contribution in [0.25, 0.3) is 0 Å². The average molecular weight is 387 g/mol. The summed E-state index contributed by atoms with van der Waals surface area (Å²) in [6, 6.07) is 12.1. The van der Waals surface area contributed by atoms with Crippen molar-refractivity contribution in [2.24, 2.45) is 0 Å². The lowest BCUT2D eigenvalue weighted by atomic mass is 10.2. The summed E-state index contributed by atoms with van der Waals surface area (Å²) in [7, 11) is -3.39. The fourth-order valence-corrected chi connectivity index (χ4v) is 5.27. The smallest absolute Gasteiger partial charge is 0.244 e. The van der Waals surface area contributed by atoms with Crippen molar-refractivity contribution < 1.29 is 8.42 Å². The number of rotatable bonds is 4. The summed E-state index contributed by atoms with van der Waals surface area (Å²) in [5, 5.41) is 0. The van der Waals surface area contributed by atoms with Gasteiger partial charge in [-0.15, -0.1) is 0 Å². The number of hydrogen-bond acceptors (Lipinski definition) is 5. The highest BCUT2D eigenvalue weighted by atomic mass is 32.2. The van der Waals surface area contributed by atoms with E-state index in [4.69, 9.17) is 0 Å². The van der Waals surface area contributed by atoms with E-state index < -0.39 is 10.0 Å². The minimum absolute atomic E-state index is 0.298. The molecule has 7 heteroatoms. The van der Waals surface area contributed by atoms with Gasteiger partial charge in [0.1, 0.15) is 10.7 Å². The monoisotopic (exact) mass is 386 g/mol. The maximum Gasteiger partial charge on any atom is 0.244 e. The van der Waals surface area contributed by atoms with E-state index in [1.807, 2.05) is 6.07 Å². The van der Waals surface area contributed by atoms with Crippen molar-refractivity contribution in [1.82, 2.24) is 9.29 Å². The predicted octanol–water partition coefficient (Wildman–Crippen LogP) is 2.50. The van der Waals surface area contributed by atoms with Gasteiger partial charge in [-0.05, 0) is 49.6 Å². The molecule has 2 aliphatic heterocycles. The van der Waals surface area contributed by atoms with Crippen LogP contribution in [0.3, 0.4) is 0 Å². The molecule has 2 aromatic rings. The number of anilines is 2. The molecule has 0 amide bonds. The Morgan fingerprint density at radius 1 is 0.889 bits per heavy atom. The molecule has 144 valence electrons. The fraction of sp³-hybridized carbons (Fsp3) is 0.450. The lowest BCUT2D eigenvalue weighted by Crippen LogP contribution is -2.46. The topological polar surface area (TPSA) is 56.8 Å². The van der Waals surface area contributed by atoms with Gasteiger partial charge in [-0.1, -0.05) is 12.1 Å². The Hall–Kier alpha value is -2.12. The molecule has 4 rings (SSSR count). The molecule has 0 unspecified atom stereocenters. The molecule has 0 saturated carbocycles. The SMILES string of the molecule is Cc1cccc(N2CCN(c3ccc(S(=O)(=O)N4CCCC4)cn3)CC2)c1. The predicted molar refractivity (Wildman–Crippen MR) is 108 cm³/mol. The lowest BCUT2D eigenvalue weighted by Gasteiger charge is -2.36. The molecule has 2 fully saturated rings. The van der Waals surface area contributed by atoms with Crippen molar-refractivity contribution in [2.45, 2.75) is 24.7 Å². The summed E-state index contributed by atoms with van der Waals surface area (Å²) in [6.07, 6.45) is 3.39. The van der Waals surface area contributed by atoms with Gasteiger partial charge < -0.3 is 9.80 Å². The molecule has 1 aromatic heterocycles. The van der Waals surface area contributed by atoms with Gasteiger partial charge in [-0.3, -0.25) is 0 Å². The zero-order chi connectivity index (χ0) is 18.9. The van der Waals surface area contributed by atoms with Gasteiger partial charge in [-0.25, -0.2) is 13.4 Å². The van der Waals surface area contributed by atoms with Crippen molar-refractivity contribution in [3.05, 3.63) is 48.2 Å². The summed E-state index contributed by atoms with van der Waals surface area (Å²) in [4.78, 5) is 9.36. The molecule has 0 radical (unpaired) electrons. The van der Waals surface area contributed by atoms with Gasteiger partial charge >= 0.3 is 0 Å².